The van der Waals surface area contributed by atoms with E-state index in [-0.39, 0.29) is 18.8 Å². The van der Waals surface area contributed by atoms with Crippen LogP contribution in [-0.2, 0) is 14.3 Å². The van der Waals surface area contributed by atoms with Crippen LogP contribution in [0.2, 0.25) is 0 Å². The molecule has 3 rings (SSSR count). The van der Waals surface area contributed by atoms with Crippen molar-refractivity contribution in [3.63, 3.8) is 0 Å². The number of hydrogen-bond acceptors (Lipinski definition) is 5. The molecule has 2 aliphatic carbocycles. The monoisotopic (exact) mass is 278 g/mol. The third-order valence-electron chi connectivity index (χ3n) is 5.39. The second-order valence-corrected chi connectivity index (χ2v) is 6.39. The maximum atomic E-state index is 11.9. The number of ketones is 1. The van der Waals surface area contributed by atoms with Crippen molar-refractivity contribution in [2.24, 2.45) is 11.3 Å². The first-order valence-electron chi connectivity index (χ1n) is 6.73. The van der Waals surface area contributed by atoms with Crippen molar-refractivity contribution in [1.29, 1.82) is 0 Å². The van der Waals surface area contributed by atoms with Crippen LogP contribution in [0.3, 0.4) is 0 Å². The number of rotatable bonds is 0. The van der Waals surface area contributed by atoms with E-state index in [4.69, 9.17) is 4.74 Å². The van der Waals surface area contributed by atoms with Crippen molar-refractivity contribution in [1.82, 2.24) is 0 Å². The quantitative estimate of drug-likeness (QED) is 0.498. The highest BCUT2D eigenvalue weighted by Crippen LogP contribution is 2.57. The Kier molecular flexibility index (Phi) is 2.57. The lowest BCUT2D eigenvalue weighted by Crippen LogP contribution is -2.64. The first-order chi connectivity index (χ1) is 9.20. The molecule has 1 saturated heterocycles. The van der Waals surface area contributed by atoms with Crippen LogP contribution in [0.15, 0.2) is 23.8 Å². The van der Waals surface area contributed by atoms with E-state index in [0.717, 1.165) is 0 Å². The number of aliphatic hydroxyl groups excluding tert-OH is 1. The van der Waals surface area contributed by atoms with Crippen molar-refractivity contribution in [3.05, 3.63) is 23.8 Å². The summed E-state index contributed by atoms with van der Waals surface area (Å²) in [5.74, 6) is -1.12. The molecular formula is C15H18O5. The Morgan fingerprint density at radius 3 is 2.70 bits per heavy atom. The maximum Gasteiger partial charge on any atom is 0.334 e. The summed E-state index contributed by atoms with van der Waals surface area (Å²) in [5, 5.41) is 21.3. The highest BCUT2D eigenvalue weighted by Gasteiger charge is 2.64. The molecule has 0 spiro atoms. The van der Waals surface area contributed by atoms with Gasteiger partial charge in [0.25, 0.3) is 0 Å². The molecular weight excluding hydrogens is 260 g/mol. The normalized spacial score (nSPS) is 47.5. The summed E-state index contributed by atoms with van der Waals surface area (Å²) < 4.78 is 5.26. The summed E-state index contributed by atoms with van der Waals surface area (Å²) in [6.07, 6.45) is 0.0774. The highest BCUT2D eigenvalue weighted by molar-refractivity contribution is 5.97. The van der Waals surface area contributed by atoms with E-state index >= 15 is 0 Å². The average molecular weight is 278 g/mol. The van der Waals surface area contributed by atoms with Gasteiger partial charge in [-0.3, -0.25) is 4.79 Å². The van der Waals surface area contributed by atoms with Crippen molar-refractivity contribution >= 4 is 11.8 Å². The molecule has 0 aromatic heterocycles. The molecule has 108 valence electrons. The first-order valence-corrected chi connectivity index (χ1v) is 6.73. The van der Waals surface area contributed by atoms with Crippen LogP contribution in [0.4, 0.5) is 0 Å². The zero-order valence-electron chi connectivity index (χ0n) is 11.5. The lowest BCUT2D eigenvalue weighted by molar-refractivity contribution is -0.182. The van der Waals surface area contributed by atoms with Crippen LogP contribution in [0.1, 0.15) is 26.7 Å². The zero-order valence-corrected chi connectivity index (χ0v) is 11.5. The fraction of sp³-hybridized carbons (Fsp3) is 0.600. The summed E-state index contributed by atoms with van der Waals surface area (Å²) in [6, 6.07) is 0. The first kappa shape index (κ1) is 13.5. The minimum atomic E-state index is -1.32. The Labute approximate surface area is 116 Å². The van der Waals surface area contributed by atoms with Gasteiger partial charge in [0.05, 0.1) is 5.60 Å². The van der Waals surface area contributed by atoms with Gasteiger partial charge in [-0.05, 0) is 31.4 Å². The van der Waals surface area contributed by atoms with Gasteiger partial charge in [-0.15, -0.1) is 0 Å². The molecule has 0 amide bonds. The zero-order chi connectivity index (χ0) is 14.9. The second kappa shape index (κ2) is 3.80. The Morgan fingerprint density at radius 2 is 2.05 bits per heavy atom. The smallest absolute Gasteiger partial charge is 0.334 e. The number of carbonyl (C=O) groups excluding carboxylic acids is 2. The van der Waals surface area contributed by atoms with Crippen molar-refractivity contribution in [2.45, 2.75) is 44.5 Å². The Morgan fingerprint density at radius 1 is 1.40 bits per heavy atom. The topological polar surface area (TPSA) is 83.8 Å². The van der Waals surface area contributed by atoms with E-state index in [1.807, 2.05) is 0 Å². The third-order valence-corrected chi connectivity index (χ3v) is 5.39. The van der Waals surface area contributed by atoms with Crippen LogP contribution in [0, 0.1) is 11.3 Å². The summed E-state index contributed by atoms with van der Waals surface area (Å²) >= 11 is 0. The molecule has 2 N–H and O–H groups in total. The molecule has 0 bridgehead atoms. The van der Waals surface area contributed by atoms with E-state index in [1.165, 1.54) is 6.08 Å². The molecule has 1 saturated carbocycles. The maximum absolute atomic E-state index is 11.9. The van der Waals surface area contributed by atoms with Crippen molar-refractivity contribution in [2.75, 3.05) is 0 Å². The van der Waals surface area contributed by atoms with Gasteiger partial charge in [-0.2, -0.15) is 0 Å². The molecule has 5 nitrogen and oxygen atoms in total. The van der Waals surface area contributed by atoms with Gasteiger partial charge in [-0.25, -0.2) is 4.79 Å². The van der Waals surface area contributed by atoms with E-state index in [2.05, 4.69) is 6.58 Å². The van der Waals surface area contributed by atoms with Gasteiger partial charge >= 0.3 is 5.97 Å². The highest BCUT2D eigenvalue weighted by atomic mass is 16.6. The molecule has 1 heterocycles. The van der Waals surface area contributed by atoms with Gasteiger partial charge in [0, 0.05) is 16.9 Å². The molecule has 1 aliphatic heterocycles. The predicted molar refractivity (Wildman–Crippen MR) is 69.6 cm³/mol. The minimum absolute atomic E-state index is 0.241. The van der Waals surface area contributed by atoms with Gasteiger partial charge in [0.2, 0.25) is 0 Å². The molecule has 3 aliphatic rings. The van der Waals surface area contributed by atoms with Gasteiger partial charge < -0.3 is 14.9 Å². The average Bonchev–Trinajstić information content (AvgIpc) is 2.63. The minimum Gasteiger partial charge on any atom is -0.458 e. The van der Waals surface area contributed by atoms with Gasteiger partial charge in [0.15, 0.2) is 5.78 Å². The standard InChI is InChI=1S/C15H18O5/c1-7-4-10(16)12(17)14(3)6-11-9(5-15(7,14)19)8(2)13(18)20-11/h4,9,11-12,17,19H,2,5-6H2,1,3H3/t9-,11-,12+,14+,15-/m1/s1. The summed E-state index contributed by atoms with van der Waals surface area (Å²) in [6.45, 7) is 7.10. The molecule has 20 heavy (non-hydrogen) atoms. The van der Waals surface area contributed by atoms with E-state index in [9.17, 15) is 19.8 Å². The molecule has 0 unspecified atom stereocenters. The number of fused-ring (bicyclic) bond motifs is 2. The summed E-state index contributed by atoms with van der Waals surface area (Å²) in [7, 11) is 0. The summed E-state index contributed by atoms with van der Waals surface area (Å²) in [4.78, 5) is 23.5. The lowest BCUT2D eigenvalue weighted by atomic mass is 9.52. The van der Waals surface area contributed by atoms with E-state index in [1.54, 1.807) is 13.8 Å². The Hall–Kier alpha value is -1.46. The fourth-order valence-corrected chi connectivity index (χ4v) is 3.92. The molecule has 5 atom stereocenters. The third kappa shape index (κ3) is 1.39. The SMILES string of the molecule is C=C1C(=O)O[C@@H]2C[C@@]3(C)[C@@H](O)C(=O)C=C(C)[C@]3(O)C[C@H]12. The van der Waals surface area contributed by atoms with Crippen molar-refractivity contribution in [3.8, 4) is 0 Å². The molecule has 5 heteroatoms. The van der Waals surface area contributed by atoms with E-state index < -0.39 is 35.0 Å². The molecule has 2 fully saturated rings. The second-order valence-electron chi connectivity index (χ2n) is 6.39. The van der Waals surface area contributed by atoms with Crippen molar-refractivity contribution < 1.29 is 24.5 Å². The lowest BCUT2D eigenvalue weighted by Gasteiger charge is -2.55. The predicted octanol–water partition coefficient (Wildman–Crippen LogP) is 0.505. The largest absolute Gasteiger partial charge is 0.458 e. The van der Waals surface area contributed by atoms with E-state index in [0.29, 0.717) is 11.1 Å². The molecule has 0 aromatic rings. The Bertz CT molecular complexity index is 563. The number of esters is 1. The van der Waals surface area contributed by atoms with Crippen LogP contribution < -0.4 is 0 Å². The number of carbonyl (C=O) groups is 2. The van der Waals surface area contributed by atoms with Gasteiger partial charge in [0.1, 0.15) is 12.2 Å². The van der Waals surface area contributed by atoms with Crippen LogP contribution in [0.5, 0.6) is 0 Å². The number of hydrogen-bond donors (Lipinski definition) is 2. The Balaban J connectivity index is 2.10. The number of aliphatic hydroxyl groups is 2. The molecule has 0 radical (unpaired) electrons. The number of ether oxygens (including phenoxy) is 1. The van der Waals surface area contributed by atoms with Crippen LogP contribution in [0.25, 0.3) is 0 Å². The molecule has 0 aromatic carbocycles. The summed E-state index contributed by atoms with van der Waals surface area (Å²) in [5.41, 5.74) is -1.47. The van der Waals surface area contributed by atoms with Crippen LogP contribution >= 0.6 is 0 Å². The van der Waals surface area contributed by atoms with Crippen LogP contribution in [-0.4, -0.2) is 39.8 Å². The fourth-order valence-electron chi connectivity index (χ4n) is 3.92. The van der Waals surface area contributed by atoms with Gasteiger partial charge in [-0.1, -0.05) is 13.5 Å².